The summed E-state index contributed by atoms with van der Waals surface area (Å²) in [6.07, 6.45) is 4.28. The molecular weight excluding hydrogens is 429 g/mol. The van der Waals surface area contributed by atoms with Gasteiger partial charge in [-0.05, 0) is 37.5 Å². The molecular formula is C19H30IN3O2. The topological polar surface area (TPSA) is 46.1 Å². The van der Waals surface area contributed by atoms with Crippen LogP contribution in [0.3, 0.4) is 0 Å². The predicted molar refractivity (Wildman–Crippen MR) is 114 cm³/mol. The lowest BCUT2D eigenvalue weighted by molar-refractivity contribution is 0.153. The Bertz CT molecular complexity index is 558. The van der Waals surface area contributed by atoms with Crippen molar-refractivity contribution in [2.24, 2.45) is 4.99 Å². The van der Waals surface area contributed by atoms with Gasteiger partial charge in [0.05, 0.1) is 19.8 Å². The molecule has 1 heterocycles. The quantitative estimate of drug-likeness (QED) is 0.294. The van der Waals surface area contributed by atoms with E-state index in [0.717, 1.165) is 50.9 Å². The lowest BCUT2D eigenvalue weighted by Crippen LogP contribution is -2.39. The molecule has 0 saturated heterocycles. The lowest BCUT2D eigenvalue weighted by atomic mass is 10.1. The smallest absolute Gasteiger partial charge is 0.193 e. The summed E-state index contributed by atoms with van der Waals surface area (Å²) < 4.78 is 10.8. The maximum absolute atomic E-state index is 5.48. The molecule has 1 aliphatic rings. The summed E-state index contributed by atoms with van der Waals surface area (Å²) in [7, 11) is 3.88. The number of guanidine groups is 1. The number of benzene rings is 1. The molecule has 1 aromatic rings. The Kier molecular flexibility index (Phi) is 10.6. The summed E-state index contributed by atoms with van der Waals surface area (Å²) in [5.74, 6) is 1.83. The highest BCUT2D eigenvalue weighted by atomic mass is 127. The summed E-state index contributed by atoms with van der Waals surface area (Å²) in [6.45, 7) is 5.99. The summed E-state index contributed by atoms with van der Waals surface area (Å²) in [4.78, 5) is 6.51. The Balaban J connectivity index is 0.00000312. The zero-order chi connectivity index (χ0) is 17.2. The second kappa shape index (κ2) is 12.1. The fraction of sp³-hybridized carbons (Fsp3) is 0.526. The standard InChI is InChI=1S/C19H29N3O2.HI/c1-4-24-18-7-5-17(6-8-18)15-22(3)19(20-2)21-12-9-16-10-13-23-14-11-16;/h5-8,10H,4,9,11-15H2,1-3H3,(H,20,21);1H. The van der Waals surface area contributed by atoms with Crippen LogP contribution in [0.15, 0.2) is 40.9 Å². The molecule has 0 amide bonds. The fourth-order valence-electron chi connectivity index (χ4n) is 2.72. The van der Waals surface area contributed by atoms with E-state index in [4.69, 9.17) is 9.47 Å². The van der Waals surface area contributed by atoms with E-state index in [-0.39, 0.29) is 24.0 Å². The first kappa shape index (κ1) is 21.8. The van der Waals surface area contributed by atoms with E-state index in [2.05, 4.69) is 40.5 Å². The number of rotatable bonds is 7. The van der Waals surface area contributed by atoms with Crippen LogP contribution < -0.4 is 10.1 Å². The maximum atomic E-state index is 5.48. The molecule has 6 heteroatoms. The van der Waals surface area contributed by atoms with Gasteiger partial charge >= 0.3 is 0 Å². The van der Waals surface area contributed by atoms with Gasteiger partial charge in [0.2, 0.25) is 0 Å². The first-order chi connectivity index (χ1) is 11.7. The molecule has 0 bridgehead atoms. The third-order valence-electron chi connectivity index (χ3n) is 4.01. The molecule has 2 rings (SSSR count). The highest BCUT2D eigenvalue weighted by Crippen LogP contribution is 2.14. The third kappa shape index (κ3) is 7.64. The Hall–Kier alpha value is -1.28. The number of nitrogens with one attached hydrogen (secondary N) is 1. The Morgan fingerprint density at radius 1 is 1.32 bits per heavy atom. The van der Waals surface area contributed by atoms with Crippen LogP contribution in [-0.2, 0) is 11.3 Å². The van der Waals surface area contributed by atoms with Crippen molar-refractivity contribution in [3.63, 3.8) is 0 Å². The van der Waals surface area contributed by atoms with Crippen LogP contribution in [0.1, 0.15) is 25.3 Å². The minimum atomic E-state index is 0. The summed E-state index contributed by atoms with van der Waals surface area (Å²) in [6, 6.07) is 8.23. The fourth-order valence-corrected chi connectivity index (χ4v) is 2.72. The van der Waals surface area contributed by atoms with Crippen molar-refractivity contribution in [3.8, 4) is 5.75 Å². The van der Waals surface area contributed by atoms with Crippen molar-refractivity contribution < 1.29 is 9.47 Å². The molecule has 0 radical (unpaired) electrons. The second-order valence-electron chi connectivity index (χ2n) is 5.84. The molecule has 0 fully saturated rings. The molecule has 0 spiro atoms. The van der Waals surface area contributed by atoms with Gasteiger partial charge in [-0.1, -0.05) is 23.8 Å². The van der Waals surface area contributed by atoms with Gasteiger partial charge in [-0.15, -0.1) is 24.0 Å². The average Bonchev–Trinajstić information content (AvgIpc) is 2.61. The molecule has 5 nitrogen and oxygen atoms in total. The van der Waals surface area contributed by atoms with E-state index in [1.54, 1.807) is 0 Å². The van der Waals surface area contributed by atoms with E-state index in [9.17, 15) is 0 Å². The Morgan fingerprint density at radius 2 is 2.08 bits per heavy atom. The van der Waals surface area contributed by atoms with Crippen molar-refractivity contribution >= 4 is 29.9 Å². The zero-order valence-electron chi connectivity index (χ0n) is 15.5. The molecule has 1 aliphatic heterocycles. The number of ether oxygens (including phenoxy) is 2. The third-order valence-corrected chi connectivity index (χ3v) is 4.01. The highest BCUT2D eigenvalue weighted by Gasteiger charge is 2.08. The van der Waals surface area contributed by atoms with Crippen LogP contribution in [0.25, 0.3) is 0 Å². The first-order valence-electron chi connectivity index (χ1n) is 8.62. The van der Waals surface area contributed by atoms with Crippen molar-refractivity contribution in [2.75, 3.05) is 40.5 Å². The van der Waals surface area contributed by atoms with E-state index >= 15 is 0 Å². The molecule has 0 atom stereocenters. The van der Waals surface area contributed by atoms with E-state index < -0.39 is 0 Å². The van der Waals surface area contributed by atoms with Gasteiger partial charge < -0.3 is 19.7 Å². The number of nitrogens with zero attached hydrogens (tertiary/aromatic N) is 2. The molecule has 25 heavy (non-hydrogen) atoms. The lowest BCUT2D eigenvalue weighted by Gasteiger charge is -2.23. The van der Waals surface area contributed by atoms with Gasteiger partial charge in [-0.3, -0.25) is 4.99 Å². The Morgan fingerprint density at radius 3 is 2.68 bits per heavy atom. The minimum absolute atomic E-state index is 0. The van der Waals surface area contributed by atoms with Crippen LogP contribution >= 0.6 is 24.0 Å². The normalized spacial score (nSPS) is 14.4. The van der Waals surface area contributed by atoms with Crippen LogP contribution in [0.5, 0.6) is 5.75 Å². The van der Waals surface area contributed by atoms with Crippen molar-refractivity contribution in [1.29, 1.82) is 0 Å². The van der Waals surface area contributed by atoms with Gasteiger partial charge in [0.1, 0.15) is 5.75 Å². The summed E-state index contributed by atoms with van der Waals surface area (Å²) in [5, 5.41) is 3.44. The number of hydrogen-bond donors (Lipinski definition) is 1. The molecule has 1 aromatic carbocycles. The van der Waals surface area contributed by atoms with Gasteiger partial charge in [-0.2, -0.15) is 0 Å². The monoisotopic (exact) mass is 459 g/mol. The molecule has 0 aromatic heterocycles. The summed E-state index contributed by atoms with van der Waals surface area (Å²) in [5.41, 5.74) is 2.70. The zero-order valence-corrected chi connectivity index (χ0v) is 17.8. The molecule has 0 aliphatic carbocycles. The predicted octanol–water partition coefficient (Wildman–Crippen LogP) is 3.45. The van der Waals surface area contributed by atoms with Gasteiger partial charge in [-0.25, -0.2) is 0 Å². The van der Waals surface area contributed by atoms with Crippen LogP contribution in [-0.4, -0.2) is 51.3 Å². The molecule has 0 unspecified atom stereocenters. The van der Waals surface area contributed by atoms with E-state index in [1.807, 2.05) is 26.1 Å². The van der Waals surface area contributed by atoms with Crippen LogP contribution in [0, 0.1) is 0 Å². The maximum Gasteiger partial charge on any atom is 0.193 e. The number of hydrogen-bond acceptors (Lipinski definition) is 3. The van der Waals surface area contributed by atoms with E-state index in [0.29, 0.717) is 6.61 Å². The minimum Gasteiger partial charge on any atom is -0.494 e. The van der Waals surface area contributed by atoms with Crippen LogP contribution in [0.4, 0.5) is 0 Å². The van der Waals surface area contributed by atoms with E-state index in [1.165, 1.54) is 11.1 Å². The molecule has 1 N–H and O–H groups in total. The molecule has 0 saturated carbocycles. The van der Waals surface area contributed by atoms with Crippen molar-refractivity contribution in [1.82, 2.24) is 10.2 Å². The Labute approximate surface area is 168 Å². The van der Waals surface area contributed by atoms with Gasteiger partial charge in [0, 0.05) is 27.2 Å². The first-order valence-corrected chi connectivity index (χ1v) is 8.62. The largest absolute Gasteiger partial charge is 0.494 e. The number of halogens is 1. The highest BCUT2D eigenvalue weighted by molar-refractivity contribution is 14.0. The number of aliphatic imine (C=N–C) groups is 1. The van der Waals surface area contributed by atoms with Crippen molar-refractivity contribution in [3.05, 3.63) is 41.5 Å². The SMILES string of the molecule is CCOc1ccc(CN(C)C(=NC)NCCC2=CCOCC2)cc1.I. The van der Waals surface area contributed by atoms with Gasteiger partial charge in [0.15, 0.2) is 5.96 Å². The second-order valence-corrected chi connectivity index (χ2v) is 5.84. The van der Waals surface area contributed by atoms with Gasteiger partial charge in [0.25, 0.3) is 0 Å². The van der Waals surface area contributed by atoms with Crippen LogP contribution in [0.2, 0.25) is 0 Å². The molecule has 140 valence electrons. The average molecular weight is 459 g/mol. The summed E-state index contributed by atoms with van der Waals surface area (Å²) >= 11 is 0. The van der Waals surface area contributed by atoms with Crippen molar-refractivity contribution in [2.45, 2.75) is 26.3 Å².